The monoisotopic (exact) mass is 1150 g/mol. The first kappa shape index (κ1) is 61.3. The van der Waals surface area contributed by atoms with Crippen molar-refractivity contribution in [3.8, 4) is 11.5 Å². The number of hydrogen-bond acceptors (Lipinski definition) is 13. The summed E-state index contributed by atoms with van der Waals surface area (Å²) in [6, 6.07) is 16.1. The van der Waals surface area contributed by atoms with Gasteiger partial charge < -0.3 is 35.5 Å². The van der Waals surface area contributed by atoms with Gasteiger partial charge in [0.15, 0.2) is 5.75 Å². The highest BCUT2D eigenvalue weighted by atomic mass is 32.2. The van der Waals surface area contributed by atoms with Crippen molar-refractivity contribution in [3.63, 3.8) is 0 Å². The molecule has 0 saturated carbocycles. The number of phenolic OH excluding ortho intramolecular Hbond substituents is 1. The van der Waals surface area contributed by atoms with Crippen LogP contribution >= 0.6 is 0 Å². The van der Waals surface area contributed by atoms with Gasteiger partial charge in [-0.1, -0.05) is 65.8 Å². The number of carbonyl (C=O) groups is 4. The second-order valence-corrected chi connectivity index (χ2v) is 29.6. The Balaban J connectivity index is 0.000000229. The van der Waals surface area contributed by atoms with E-state index in [2.05, 4.69) is 57.0 Å². The van der Waals surface area contributed by atoms with E-state index in [1.165, 1.54) is 29.2 Å². The molecule has 3 amide bonds. The molecule has 2 aromatic heterocycles. The number of carboxylic acids is 1. The van der Waals surface area contributed by atoms with Gasteiger partial charge in [-0.25, -0.2) is 35.9 Å². The molecule has 0 fully saturated rings. The Morgan fingerprint density at radius 3 is 1.56 bits per heavy atom. The average molecular weight is 1150 g/mol. The number of phenols is 1. The molecule has 0 radical (unpaired) electrons. The zero-order valence-corrected chi connectivity index (χ0v) is 48.0. The molecule has 2 aliphatic rings. The van der Waals surface area contributed by atoms with Crippen LogP contribution in [0.15, 0.2) is 73.1 Å². The zero-order chi connectivity index (χ0) is 58.5. The molecule has 6 aromatic rings. The Morgan fingerprint density at radius 2 is 1.13 bits per heavy atom. The molecule has 0 saturated heterocycles. The Hall–Kier alpha value is -6.96. The van der Waals surface area contributed by atoms with Gasteiger partial charge >= 0.3 is 5.97 Å². The van der Waals surface area contributed by atoms with Gasteiger partial charge in [-0.3, -0.25) is 29.1 Å². The number of aromatic nitrogens is 2. The van der Waals surface area contributed by atoms with Gasteiger partial charge in [0, 0.05) is 63.4 Å². The first-order valence-electron chi connectivity index (χ1n) is 25.5. The first-order chi connectivity index (χ1) is 37.0. The number of carbonyl (C=O) groups excluding carboxylic acids is 3. The number of amides is 3. The van der Waals surface area contributed by atoms with E-state index < -0.39 is 46.0 Å². The predicted molar refractivity (Wildman–Crippen MR) is 300 cm³/mol. The lowest BCUT2D eigenvalue weighted by Gasteiger charge is -2.42. The molecule has 424 valence electrons. The van der Waals surface area contributed by atoms with Gasteiger partial charge in [-0.2, -0.15) is 0 Å². The fourth-order valence-electron chi connectivity index (χ4n) is 10.6. The number of pyridine rings is 2. The second-order valence-electron chi connectivity index (χ2n) is 20.8. The molecule has 0 bridgehead atoms. The summed E-state index contributed by atoms with van der Waals surface area (Å²) in [4.78, 5) is 63.0. The van der Waals surface area contributed by atoms with Crippen molar-refractivity contribution in [1.82, 2.24) is 25.1 Å². The summed E-state index contributed by atoms with van der Waals surface area (Å²) in [6.45, 7) is 13.6. The normalized spacial score (nSPS) is 13.4. The summed E-state index contributed by atoms with van der Waals surface area (Å²) in [6.07, 6.45) is 3.92. The highest BCUT2D eigenvalue weighted by molar-refractivity contribution is 7.89. The van der Waals surface area contributed by atoms with E-state index in [4.69, 9.17) is 20.3 Å². The van der Waals surface area contributed by atoms with E-state index in [1.54, 1.807) is 61.7 Å². The molecular formula is C55H68F2N8O11S2Si. The number of aromatic hydroxyl groups is 1. The van der Waals surface area contributed by atoms with E-state index >= 15 is 0 Å². The quantitative estimate of drug-likeness (QED) is 0.0525. The van der Waals surface area contributed by atoms with Gasteiger partial charge in [-0.15, -0.1) is 0 Å². The third kappa shape index (κ3) is 14.5. The third-order valence-corrected chi connectivity index (χ3v) is 21.6. The number of hydrogen-bond donors (Lipinski definition) is 6. The van der Waals surface area contributed by atoms with Crippen LogP contribution in [0.25, 0.3) is 21.8 Å². The molecule has 0 aliphatic carbocycles. The lowest BCUT2D eigenvalue weighted by atomic mass is 9.93. The fraction of sp³-hybridized carbons (Fsp3) is 0.382. The van der Waals surface area contributed by atoms with E-state index in [-0.39, 0.29) is 95.1 Å². The number of nitrogens with zero attached hydrogens (tertiary/aromatic N) is 4. The SMILES string of the molecule is CC(C)[Si](Oc1c2c(c(CC(=O)O)c3cc(Cc4ccc(F)cc4)cnc13)CN(C)C2=O)(C(C)C)C(C)C.CN1Cc2c(c(O)c3ncc(Cc4ccc(F)cc4)cc3c2CC(=O)NCCS(N)(=O)=O)C1=O.NCCS(N)(=O)=O. The number of rotatable bonds is 18. The second kappa shape index (κ2) is 25.0. The maximum absolute atomic E-state index is 13.5. The maximum atomic E-state index is 13.5. The number of halogens is 2. The van der Waals surface area contributed by atoms with Crippen LogP contribution in [0.1, 0.15) is 107 Å². The maximum Gasteiger partial charge on any atom is 0.307 e. The molecule has 2 aliphatic heterocycles. The van der Waals surface area contributed by atoms with Gasteiger partial charge in [0.05, 0.1) is 35.5 Å². The summed E-state index contributed by atoms with van der Waals surface area (Å²) in [5, 5.41) is 33.9. The van der Waals surface area contributed by atoms with Gasteiger partial charge in [0.25, 0.3) is 20.1 Å². The number of carboxylic acid groups (broad SMARTS) is 1. The molecule has 8 rings (SSSR count). The number of aliphatic carboxylic acids is 1. The lowest BCUT2D eigenvalue weighted by Crippen LogP contribution is -2.51. The zero-order valence-electron chi connectivity index (χ0n) is 45.4. The van der Waals surface area contributed by atoms with E-state index in [1.807, 2.05) is 6.07 Å². The summed E-state index contributed by atoms with van der Waals surface area (Å²) in [5.41, 5.74) is 12.8. The number of primary sulfonamides is 2. The largest absolute Gasteiger partial charge is 0.541 e. The number of fused-ring (bicyclic) bond motifs is 4. The molecule has 0 unspecified atom stereocenters. The number of benzene rings is 4. The minimum atomic E-state index is -3.73. The van der Waals surface area contributed by atoms with Crippen LogP contribution in [0.4, 0.5) is 8.78 Å². The van der Waals surface area contributed by atoms with Crippen LogP contribution < -0.4 is 25.8 Å². The van der Waals surface area contributed by atoms with Crippen LogP contribution in [0.2, 0.25) is 16.6 Å². The molecule has 9 N–H and O–H groups in total. The van der Waals surface area contributed by atoms with Crippen LogP contribution in [-0.2, 0) is 68.4 Å². The van der Waals surface area contributed by atoms with Crippen LogP contribution in [0, 0.1) is 11.6 Å². The molecule has 4 aromatic carbocycles. The van der Waals surface area contributed by atoms with Gasteiger partial charge in [0.2, 0.25) is 26.0 Å². The lowest BCUT2D eigenvalue weighted by molar-refractivity contribution is -0.136. The Bertz CT molecular complexity index is 3510. The van der Waals surface area contributed by atoms with Gasteiger partial charge in [0.1, 0.15) is 28.4 Å². The molecule has 0 atom stereocenters. The van der Waals surface area contributed by atoms with Crippen molar-refractivity contribution in [3.05, 3.63) is 140 Å². The Morgan fingerprint density at radius 1 is 0.696 bits per heavy atom. The summed E-state index contributed by atoms with van der Waals surface area (Å²) in [5.74, 6) is -2.89. The van der Waals surface area contributed by atoms with Crippen LogP contribution in [0.3, 0.4) is 0 Å². The molecule has 24 heteroatoms. The molecular weight excluding hydrogens is 1080 g/mol. The molecule has 0 spiro atoms. The Kier molecular flexibility index (Phi) is 19.4. The van der Waals surface area contributed by atoms with Crippen molar-refractivity contribution < 1.29 is 59.4 Å². The number of sulfonamides is 2. The smallest absolute Gasteiger partial charge is 0.307 e. The van der Waals surface area contributed by atoms with E-state index in [0.29, 0.717) is 69.2 Å². The van der Waals surface area contributed by atoms with Crippen molar-refractivity contribution >= 4 is 73.9 Å². The van der Waals surface area contributed by atoms with Crippen molar-refractivity contribution in [2.75, 3.05) is 38.7 Å². The van der Waals surface area contributed by atoms with Crippen LogP contribution in [0.5, 0.6) is 11.5 Å². The minimum Gasteiger partial charge on any atom is -0.541 e. The van der Waals surface area contributed by atoms with Crippen molar-refractivity contribution in [2.24, 2.45) is 16.0 Å². The van der Waals surface area contributed by atoms with Crippen LogP contribution in [-0.4, -0.2) is 118 Å². The highest BCUT2D eigenvalue weighted by Crippen LogP contribution is 2.48. The summed E-state index contributed by atoms with van der Waals surface area (Å²) >= 11 is 0. The fourth-order valence-corrected chi connectivity index (χ4v) is 16.5. The average Bonchev–Trinajstić information content (AvgIpc) is 4.10. The van der Waals surface area contributed by atoms with E-state index in [0.717, 1.165) is 22.3 Å². The predicted octanol–water partition coefficient (Wildman–Crippen LogP) is 6.17. The standard InChI is InChI=1S/C30H37FN2O4Si.C23H23FN4O5S.C2H8N2O2S/c1-17(2)38(18(3)4,19(5)6)37-29-27-25(16-33(7)30(27)36)23(14-26(34)35)24-13-21(15-32-28(24)29)12-20-8-10-22(31)11-9-20;1-28-12-18-16(10-19(29)26-6-7-34(25,32)33)17-9-14(8-13-2-4-15(24)5-3-13)11-27-21(17)22(30)20(18)23(28)31;3-1-2-7(4,5)6/h8-11,13,15,17-19H,12,14,16H2,1-7H3,(H,34,35);2-5,9,11,30H,6-8,10,12H2,1H3,(H,26,29)(H2,25,32,33);1-3H2,(H2,4,5,6). The first-order valence-corrected chi connectivity index (χ1v) is 31.0. The number of nitrogens with two attached hydrogens (primary N) is 3. The number of nitrogens with one attached hydrogen (secondary N) is 1. The molecule has 19 nitrogen and oxygen atoms in total. The molecule has 79 heavy (non-hydrogen) atoms. The molecule has 4 heterocycles. The summed E-state index contributed by atoms with van der Waals surface area (Å²) < 4.78 is 76.0. The highest BCUT2D eigenvalue weighted by Gasteiger charge is 2.49. The topological polar surface area (TPSA) is 309 Å². The third-order valence-electron chi connectivity index (χ3n) is 14.1. The summed E-state index contributed by atoms with van der Waals surface area (Å²) in [7, 11) is -6.18. The van der Waals surface area contributed by atoms with Crippen molar-refractivity contribution in [2.45, 2.75) is 96.9 Å². The van der Waals surface area contributed by atoms with Crippen molar-refractivity contribution in [1.29, 1.82) is 0 Å². The van der Waals surface area contributed by atoms with Gasteiger partial charge in [-0.05, 0) is 110 Å². The minimum absolute atomic E-state index is 0.0961. The Labute approximate surface area is 459 Å². The van der Waals surface area contributed by atoms with E-state index in [9.17, 15) is 55.0 Å².